The van der Waals surface area contributed by atoms with Gasteiger partial charge in [-0.3, -0.25) is 9.59 Å². The molecule has 0 spiro atoms. The quantitative estimate of drug-likeness (QED) is 0.648. The highest BCUT2D eigenvalue weighted by molar-refractivity contribution is 5.91. The van der Waals surface area contributed by atoms with Crippen LogP contribution in [0.15, 0.2) is 24.3 Å². The van der Waals surface area contributed by atoms with Crippen LogP contribution in [-0.4, -0.2) is 54.0 Å². The van der Waals surface area contributed by atoms with Crippen molar-refractivity contribution in [2.75, 3.05) is 13.2 Å². The maximum atomic E-state index is 12.6. The van der Waals surface area contributed by atoms with E-state index in [-0.39, 0.29) is 43.2 Å². The van der Waals surface area contributed by atoms with Crippen molar-refractivity contribution in [2.45, 2.75) is 83.8 Å². The minimum atomic E-state index is -0.560. The highest BCUT2D eigenvalue weighted by Crippen LogP contribution is 2.24. The number of hydrogen-bond donors (Lipinski definition) is 1. The molecular formula is C25H36N2O5. The largest absolute Gasteiger partial charge is 0.484 e. The summed E-state index contributed by atoms with van der Waals surface area (Å²) in [6, 6.07) is 7.04. The summed E-state index contributed by atoms with van der Waals surface area (Å²) in [4.78, 5) is 38.9. The topological polar surface area (TPSA) is 84.9 Å². The lowest BCUT2D eigenvalue weighted by molar-refractivity contribution is -0.139. The molecule has 4 unspecified atom stereocenters. The third kappa shape index (κ3) is 6.47. The van der Waals surface area contributed by atoms with Crippen molar-refractivity contribution in [3.05, 3.63) is 29.8 Å². The van der Waals surface area contributed by atoms with E-state index in [0.717, 1.165) is 38.5 Å². The molecule has 0 bridgehead atoms. The van der Waals surface area contributed by atoms with E-state index in [0.29, 0.717) is 17.2 Å². The van der Waals surface area contributed by atoms with Crippen LogP contribution in [0.4, 0.5) is 0 Å². The Morgan fingerprint density at radius 2 is 1.56 bits per heavy atom. The molecule has 176 valence electrons. The number of benzene rings is 1. The molecule has 1 aromatic rings. The average Bonchev–Trinajstić information content (AvgIpc) is 2.78. The highest BCUT2D eigenvalue weighted by atomic mass is 16.5. The number of rotatable bonds is 7. The number of carbonyl (C=O) groups excluding carboxylic acids is 3. The first-order valence-electron chi connectivity index (χ1n) is 11.9. The molecule has 1 saturated carbocycles. The van der Waals surface area contributed by atoms with E-state index in [9.17, 15) is 14.4 Å². The second kappa shape index (κ2) is 11.3. The number of carbonyl (C=O) groups is 3. The van der Waals surface area contributed by atoms with Crippen molar-refractivity contribution < 1.29 is 23.9 Å². The smallest absolute Gasteiger partial charge is 0.338 e. The van der Waals surface area contributed by atoms with Crippen LogP contribution in [0.1, 0.15) is 76.1 Å². The normalized spacial score (nSPS) is 25.7. The Bertz CT molecular complexity index is 784. The fourth-order valence-corrected chi connectivity index (χ4v) is 4.81. The van der Waals surface area contributed by atoms with E-state index in [4.69, 9.17) is 9.47 Å². The number of nitrogens with one attached hydrogen (secondary N) is 1. The summed E-state index contributed by atoms with van der Waals surface area (Å²) < 4.78 is 10.8. The second-order valence-electron chi connectivity index (χ2n) is 9.25. The van der Waals surface area contributed by atoms with Crippen molar-refractivity contribution in [3.8, 4) is 5.75 Å². The maximum Gasteiger partial charge on any atom is 0.338 e. The van der Waals surface area contributed by atoms with Gasteiger partial charge in [-0.15, -0.1) is 0 Å². The van der Waals surface area contributed by atoms with Crippen LogP contribution in [-0.2, 0) is 14.3 Å². The van der Waals surface area contributed by atoms with Gasteiger partial charge < -0.3 is 19.7 Å². The Labute approximate surface area is 190 Å². The number of hydrogen-bond acceptors (Lipinski definition) is 5. The summed E-state index contributed by atoms with van der Waals surface area (Å²) in [5.41, 5.74) is 0.334. The summed E-state index contributed by atoms with van der Waals surface area (Å²) in [5, 5.41) is 2.97. The maximum absolute atomic E-state index is 12.6. The van der Waals surface area contributed by atoms with Gasteiger partial charge in [0.1, 0.15) is 5.75 Å². The molecule has 1 N–H and O–H groups in total. The van der Waals surface area contributed by atoms with Gasteiger partial charge in [0.05, 0.1) is 5.56 Å². The lowest BCUT2D eigenvalue weighted by Crippen LogP contribution is -2.49. The molecular weight excluding hydrogens is 408 g/mol. The molecule has 0 radical (unpaired) electrons. The van der Waals surface area contributed by atoms with Crippen LogP contribution in [0.25, 0.3) is 0 Å². The standard InChI is InChI=1S/C25H36N2O5/c1-17-7-4-5-10-22(17)26-23(28)15-32-25(30)20-11-13-21(14-12-20)31-16-24(29)27-18(2)8-6-9-19(27)3/h11-14,17-19,22H,4-10,15-16H2,1-3H3,(H,26,28). The fraction of sp³-hybridized carbons (Fsp3) is 0.640. The molecule has 7 heteroatoms. The molecule has 1 aliphatic carbocycles. The van der Waals surface area contributed by atoms with E-state index >= 15 is 0 Å². The molecule has 2 amide bonds. The molecule has 1 aromatic carbocycles. The first-order chi connectivity index (χ1) is 15.3. The van der Waals surface area contributed by atoms with Crippen molar-refractivity contribution in [2.24, 2.45) is 5.92 Å². The second-order valence-corrected chi connectivity index (χ2v) is 9.25. The molecule has 2 fully saturated rings. The van der Waals surface area contributed by atoms with Crippen molar-refractivity contribution in [1.82, 2.24) is 10.2 Å². The number of likely N-dealkylation sites (tertiary alicyclic amines) is 1. The molecule has 4 atom stereocenters. The number of amides is 2. The van der Waals surface area contributed by atoms with Crippen LogP contribution < -0.4 is 10.1 Å². The zero-order valence-corrected chi connectivity index (χ0v) is 19.5. The van der Waals surface area contributed by atoms with Crippen molar-refractivity contribution in [3.63, 3.8) is 0 Å². The van der Waals surface area contributed by atoms with E-state index < -0.39 is 5.97 Å². The van der Waals surface area contributed by atoms with Crippen LogP contribution in [0, 0.1) is 5.92 Å². The van der Waals surface area contributed by atoms with Gasteiger partial charge >= 0.3 is 5.97 Å². The SMILES string of the molecule is CC1CCCCC1NC(=O)COC(=O)c1ccc(OCC(=O)N2C(C)CCCC2C)cc1. The average molecular weight is 445 g/mol. The summed E-state index contributed by atoms with van der Waals surface area (Å²) in [6.07, 6.45) is 7.58. The summed E-state index contributed by atoms with van der Waals surface area (Å²) in [5.74, 6) is 0.110. The molecule has 1 aliphatic heterocycles. The molecule has 0 aromatic heterocycles. The van der Waals surface area contributed by atoms with Gasteiger partial charge in [-0.25, -0.2) is 4.79 Å². The zero-order chi connectivity index (χ0) is 23.1. The van der Waals surface area contributed by atoms with E-state index in [1.54, 1.807) is 24.3 Å². The molecule has 1 heterocycles. The van der Waals surface area contributed by atoms with Gasteiger partial charge in [0.25, 0.3) is 11.8 Å². The number of esters is 1. The van der Waals surface area contributed by atoms with Gasteiger partial charge in [0.15, 0.2) is 13.2 Å². The fourth-order valence-electron chi connectivity index (χ4n) is 4.81. The lowest BCUT2D eigenvalue weighted by Gasteiger charge is -2.38. The number of ether oxygens (including phenoxy) is 2. The Morgan fingerprint density at radius 3 is 2.22 bits per heavy atom. The van der Waals surface area contributed by atoms with Gasteiger partial charge in [0.2, 0.25) is 0 Å². The van der Waals surface area contributed by atoms with Gasteiger partial charge in [-0.1, -0.05) is 19.8 Å². The van der Waals surface area contributed by atoms with Crippen molar-refractivity contribution >= 4 is 17.8 Å². The summed E-state index contributed by atoms with van der Waals surface area (Å²) in [7, 11) is 0. The van der Waals surface area contributed by atoms with Crippen LogP contribution in [0.3, 0.4) is 0 Å². The monoisotopic (exact) mass is 444 g/mol. The predicted molar refractivity (Wildman–Crippen MR) is 121 cm³/mol. The van der Waals surface area contributed by atoms with E-state index in [1.165, 1.54) is 6.42 Å². The Hall–Kier alpha value is -2.57. The molecule has 1 saturated heterocycles. The van der Waals surface area contributed by atoms with Crippen LogP contribution in [0.2, 0.25) is 0 Å². The summed E-state index contributed by atoms with van der Waals surface area (Å²) in [6.45, 7) is 5.97. The van der Waals surface area contributed by atoms with E-state index in [2.05, 4.69) is 26.1 Å². The van der Waals surface area contributed by atoms with Gasteiger partial charge in [0, 0.05) is 18.1 Å². The molecule has 7 nitrogen and oxygen atoms in total. The van der Waals surface area contributed by atoms with Gasteiger partial charge in [-0.2, -0.15) is 0 Å². The van der Waals surface area contributed by atoms with Crippen molar-refractivity contribution in [1.29, 1.82) is 0 Å². The molecule has 3 rings (SSSR count). The number of nitrogens with zero attached hydrogens (tertiary/aromatic N) is 1. The zero-order valence-electron chi connectivity index (χ0n) is 19.5. The van der Waals surface area contributed by atoms with Crippen LogP contribution >= 0.6 is 0 Å². The summed E-state index contributed by atoms with van der Waals surface area (Å²) >= 11 is 0. The predicted octanol–water partition coefficient (Wildman–Crippen LogP) is 3.71. The molecule has 2 aliphatic rings. The highest BCUT2D eigenvalue weighted by Gasteiger charge is 2.29. The van der Waals surface area contributed by atoms with E-state index in [1.807, 2.05) is 4.90 Å². The Balaban J connectivity index is 1.42. The first kappa shape index (κ1) is 24.1. The Morgan fingerprint density at radius 1 is 0.906 bits per heavy atom. The number of piperidine rings is 1. The molecule has 32 heavy (non-hydrogen) atoms. The minimum Gasteiger partial charge on any atom is -0.484 e. The van der Waals surface area contributed by atoms with Crippen LogP contribution in [0.5, 0.6) is 5.75 Å². The van der Waals surface area contributed by atoms with Gasteiger partial charge in [-0.05, 0) is 76.1 Å². The Kier molecular flexibility index (Phi) is 8.53. The third-order valence-electron chi connectivity index (χ3n) is 6.73. The third-order valence-corrected chi connectivity index (χ3v) is 6.73. The lowest BCUT2D eigenvalue weighted by atomic mass is 9.86. The minimum absolute atomic E-state index is 0.0218. The first-order valence-corrected chi connectivity index (χ1v) is 11.9.